The molecule has 1 saturated carbocycles. The number of aromatic amines is 1. The first kappa shape index (κ1) is 25.6. The first-order valence-corrected chi connectivity index (χ1v) is 12.8. The number of pyridine rings is 1. The van der Waals surface area contributed by atoms with Crippen LogP contribution in [0.25, 0.3) is 22.2 Å². The highest BCUT2D eigenvalue weighted by Crippen LogP contribution is 2.42. The van der Waals surface area contributed by atoms with Gasteiger partial charge in [-0.25, -0.2) is 9.37 Å². The van der Waals surface area contributed by atoms with Crippen LogP contribution >= 0.6 is 11.6 Å². The molecule has 1 fully saturated rings. The van der Waals surface area contributed by atoms with Crippen molar-refractivity contribution in [2.24, 2.45) is 0 Å². The van der Waals surface area contributed by atoms with Crippen molar-refractivity contribution in [1.82, 2.24) is 19.7 Å². The van der Waals surface area contributed by atoms with E-state index in [2.05, 4.69) is 26.3 Å². The van der Waals surface area contributed by atoms with Crippen molar-refractivity contribution in [3.05, 3.63) is 64.5 Å². The Morgan fingerprint density at radius 3 is 2.68 bits per heavy atom. The molecule has 0 amide bonds. The number of ether oxygens (including phenoxy) is 1. The molecule has 2 N–H and O–H groups in total. The van der Waals surface area contributed by atoms with Gasteiger partial charge in [0.2, 0.25) is 0 Å². The summed E-state index contributed by atoms with van der Waals surface area (Å²) in [4.78, 5) is 7.71. The zero-order valence-corrected chi connectivity index (χ0v) is 21.3. The van der Waals surface area contributed by atoms with Gasteiger partial charge in [0.15, 0.2) is 0 Å². The van der Waals surface area contributed by atoms with Gasteiger partial charge < -0.3 is 14.8 Å². The van der Waals surface area contributed by atoms with E-state index < -0.39 is 18.3 Å². The lowest BCUT2D eigenvalue weighted by Gasteiger charge is -2.27. The van der Waals surface area contributed by atoms with E-state index in [9.17, 15) is 18.3 Å². The number of nitrogens with zero attached hydrogens (tertiary/aromatic N) is 3. The van der Waals surface area contributed by atoms with Crippen LogP contribution in [0.5, 0.6) is 5.75 Å². The number of benzene rings is 1. The fraction of sp³-hybridized carbons (Fsp3) is 0.407. The average molecular weight is 533 g/mol. The van der Waals surface area contributed by atoms with Gasteiger partial charge >= 0.3 is 6.61 Å². The van der Waals surface area contributed by atoms with Crippen molar-refractivity contribution in [1.29, 1.82) is 0 Å². The van der Waals surface area contributed by atoms with Gasteiger partial charge in [0.05, 0.1) is 23.4 Å². The molecule has 1 aliphatic rings. The molecule has 10 heteroatoms. The maximum atomic E-state index is 14.3. The third-order valence-electron chi connectivity index (χ3n) is 7.33. The summed E-state index contributed by atoms with van der Waals surface area (Å²) in [6.45, 7) is 0.780. The minimum absolute atomic E-state index is 0.148. The van der Waals surface area contributed by atoms with Crippen LogP contribution in [-0.2, 0) is 6.42 Å². The molecule has 0 spiro atoms. The molecule has 6 nitrogen and oxygen atoms in total. The van der Waals surface area contributed by atoms with E-state index in [4.69, 9.17) is 16.7 Å². The summed E-state index contributed by atoms with van der Waals surface area (Å²) in [5.74, 6) is -1.44. The summed E-state index contributed by atoms with van der Waals surface area (Å²) in [7, 11) is 0. The number of H-pyrrole nitrogens is 1. The van der Waals surface area contributed by atoms with Crippen LogP contribution in [0.15, 0.2) is 36.8 Å². The van der Waals surface area contributed by atoms with Crippen molar-refractivity contribution >= 4 is 22.6 Å². The van der Waals surface area contributed by atoms with Gasteiger partial charge in [-0.3, -0.25) is 4.68 Å². The third kappa shape index (κ3) is 4.82. The molecule has 4 aromatic rings. The second-order valence-corrected chi connectivity index (χ2v) is 9.88. The van der Waals surface area contributed by atoms with Crippen LogP contribution in [0.1, 0.15) is 68.3 Å². The standard InChI is InChI=1S/C27H28ClF3N4O2/c1-3-22-20(13-34-35(22)16-4-6-17(36)7-5-16)15-10-18-19(12-33-26(18)32-11-15)14(2)24-23(37-27(30)31)9-8-21(29)25(24)28/h8-14,16-17,27,36H,3-7H2,1-2H3,(H,32,33). The van der Waals surface area contributed by atoms with Gasteiger partial charge in [-0.2, -0.15) is 13.9 Å². The monoisotopic (exact) mass is 532 g/mol. The number of rotatable bonds is 7. The lowest BCUT2D eigenvalue weighted by molar-refractivity contribution is -0.0505. The smallest absolute Gasteiger partial charge is 0.387 e. The summed E-state index contributed by atoms with van der Waals surface area (Å²) in [5.41, 5.74) is 4.41. The van der Waals surface area contributed by atoms with Crippen LogP contribution in [-0.4, -0.2) is 37.6 Å². The Hall–Kier alpha value is -3.04. The molecule has 0 radical (unpaired) electrons. The number of hydrogen-bond donors (Lipinski definition) is 2. The quantitative estimate of drug-likeness (QED) is 0.268. The van der Waals surface area contributed by atoms with E-state index in [1.54, 1.807) is 19.3 Å². The van der Waals surface area contributed by atoms with Crippen LogP contribution in [0.3, 0.4) is 0 Å². The molecular formula is C27H28ClF3N4O2. The van der Waals surface area contributed by atoms with E-state index in [0.717, 1.165) is 65.9 Å². The second kappa shape index (κ2) is 10.4. The number of aromatic nitrogens is 4. The van der Waals surface area contributed by atoms with Gasteiger partial charge in [-0.05, 0) is 55.9 Å². The molecule has 3 aromatic heterocycles. The highest BCUT2D eigenvalue weighted by Gasteiger charge is 2.26. The Bertz CT molecular complexity index is 1410. The van der Waals surface area contributed by atoms with Crippen molar-refractivity contribution in [3.8, 4) is 16.9 Å². The topological polar surface area (TPSA) is 76.0 Å². The van der Waals surface area contributed by atoms with E-state index in [1.165, 1.54) is 6.07 Å². The van der Waals surface area contributed by atoms with Gasteiger partial charge in [0.25, 0.3) is 0 Å². The van der Waals surface area contributed by atoms with Gasteiger partial charge in [0, 0.05) is 46.1 Å². The maximum Gasteiger partial charge on any atom is 0.387 e. The summed E-state index contributed by atoms with van der Waals surface area (Å²) in [6.07, 6.45) is 9.18. The highest BCUT2D eigenvalue weighted by atomic mass is 35.5. The number of aliphatic hydroxyl groups excluding tert-OH is 1. The first-order chi connectivity index (χ1) is 17.8. The molecule has 0 bridgehead atoms. The maximum absolute atomic E-state index is 14.3. The first-order valence-electron chi connectivity index (χ1n) is 12.4. The molecule has 3 heterocycles. The fourth-order valence-electron chi connectivity index (χ4n) is 5.43. The molecule has 37 heavy (non-hydrogen) atoms. The summed E-state index contributed by atoms with van der Waals surface area (Å²) >= 11 is 6.24. The van der Waals surface area contributed by atoms with Gasteiger partial charge in [0.1, 0.15) is 17.2 Å². The average Bonchev–Trinajstić information content (AvgIpc) is 3.50. The lowest BCUT2D eigenvalue weighted by Crippen LogP contribution is -2.23. The Labute approximate surface area is 217 Å². The van der Waals surface area contributed by atoms with Crippen molar-refractivity contribution in [3.63, 3.8) is 0 Å². The van der Waals surface area contributed by atoms with E-state index in [0.29, 0.717) is 5.65 Å². The van der Waals surface area contributed by atoms with Crippen LogP contribution in [0, 0.1) is 5.82 Å². The molecule has 0 saturated heterocycles. The summed E-state index contributed by atoms with van der Waals surface area (Å²) in [5, 5.41) is 15.1. The number of fused-ring (bicyclic) bond motifs is 1. The zero-order chi connectivity index (χ0) is 26.3. The molecule has 1 aliphatic carbocycles. The summed E-state index contributed by atoms with van der Waals surface area (Å²) < 4.78 is 47.2. The molecule has 5 rings (SSSR count). The highest BCUT2D eigenvalue weighted by molar-refractivity contribution is 6.31. The molecular weight excluding hydrogens is 505 g/mol. The Kier molecular flexibility index (Phi) is 7.18. The molecule has 0 aliphatic heterocycles. The minimum atomic E-state index is -3.07. The van der Waals surface area contributed by atoms with Crippen molar-refractivity contribution < 1.29 is 23.0 Å². The normalized spacial score (nSPS) is 19.0. The number of nitrogens with one attached hydrogen (secondary N) is 1. The molecule has 1 atom stereocenters. The third-order valence-corrected chi connectivity index (χ3v) is 7.71. The predicted molar refractivity (Wildman–Crippen MR) is 136 cm³/mol. The van der Waals surface area contributed by atoms with E-state index in [-0.39, 0.29) is 28.5 Å². The van der Waals surface area contributed by atoms with E-state index >= 15 is 0 Å². The van der Waals surface area contributed by atoms with Gasteiger partial charge in [-0.1, -0.05) is 25.4 Å². The largest absolute Gasteiger partial charge is 0.434 e. The fourth-order valence-corrected chi connectivity index (χ4v) is 5.75. The Morgan fingerprint density at radius 1 is 1.22 bits per heavy atom. The Morgan fingerprint density at radius 2 is 1.97 bits per heavy atom. The number of hydrogen-bond acceptors (Lipinski definition) is 4. The van der Waals surface area contributed by atoms with Crippen LogP contribution in [0.4, 0.5) is 13.2 Å². The van der Waals surface area contributed by atoms with Crippen LogP contribution in [0.2, 0.25) is 5.02 Å². The molecule has 1 aromatic carbocycles. The number of alkyl halides is 2. The van der Waals surface area contributed by atoms with Crippen molar-refractivity contribution in [2.75, 3.05) is 0 Å². The van der Waals surface area contributed by atoms with E-state index in [1.807, 2.05) is 12.3 Å². The Balaban J connectivity index is 1.55. The number of aliphatic hydroxyl groups is 1. The number of halogens is 4. The molecule has 196 valence electrons. The lowest BCUT2D eigenvalue weighted by atomic mass is 9.91. The second-order valence-electron chi connectivity index (χ2n) is 9.50. The van der Waals surface area contributed by atoms with Gasteiger partial charge in [-0.15, -0.1) is 0 Å². The molecule has 1 unspecified atom stereocenters. The minimum Gasteiger partial charge on any atom is -0.434 e. The van der Waals surface area contributed by atoms with Crippen LogP contribution < -0.4 is 4.74 Å². The zero-order valence-electron chi connectivity index (χ0n) is 20.5. The SMILES string of the molecule is CCc1c(-c2cnc3[nH]cc(C(C)c4c(OC(F)F)ccc(F)c4Cl)c3c2)cnn1C1CCC(O)CC1. The van der Waals surface area contributed by atoms with Crippen molar-refractivity contribution in [2.45, 2.75) is 70.6 Å². The predicted octanol–water partition coefficient (Wildman–Crippen LogP) is 7.01. The summed E-state index contributed by atoms with van der Waals surface area (Å²) in [6, 6.07) is 4.41.